The van der Waals surface area contributed by atoms with Gasteiger partial charge in [0.15, 0.2) is 0 Å². The van der Waals surface area contributed by atoms with Crippen LogP contribution in [0.4, 0.5) is 18.0 Å². The van der Waals surface area contributed by atoms with Gasteiger partial charge in [-0.3, -0.25) is 4.90 Å². The number of alkyl halides is 3. The summed E-state index contributed by atoms with van der Waals surface area (Å²) in [6.45, 7) is 6.00. The SMILES string of the molecule is CC(CN(C)CC(F)(F)F)N(C)C(=O)OC(C)(C)C. The van der Waals surface area contributed by atoms with Gasteiger partial charge in [-0.05, 0) is 34.7 Å². The minimum absolute atomic E-state index is 0.120. The first-order chi connectivity index (χ1) is 8.32. The Balaban J connectivity index is 4.34. The standard InChI is InChI=1S/C12H23F3N2O2/c1-9(7-16(5)8-12(13,14)15)17(6)10(18)19-11(2,3)4/h9H,7-8H2,1-6H3. The summed E-state index contributed by atoms with van der Waals surface area (Å²) in [5.41, 5.74) is -0.622. The molecule has 19 heavy (non-hydrogen) atoms. The first-order valence-corrected chi connectivity index (χ1v) is 6.03. The number of halogens is 3. The molecule has 0 spiro atoms. The van der Waals surface area contributed by atoms with Gasteiger partial charge in [0.25, 0.3) is 0 Å². The number of carbonyl (C=O) groups is 1. The fourth-order valence-electron chi connectivity index (χ4n) is 1.46. The number of rotatable bonds is 4. The molecule has 0 fully saturated rings. The van der Waals surface area contributed by atoms with E-state index in [0.29, 0.717) is 0 Å². The van der Waals surface area contributed by atoms with Crippen LogP contribution in [0.5, 0.6) is 0 Å². The molecule has 1 amide bonds. The topological polar surface area (TPSA) is 32.8 Å². The van der Waals surface area contributed by atoms with Gasteiger partial charge in [-0.25, -0.2) is 4.79 Å². The number of ether oxygens (including phenoxy) is 1. The van der Waals surface area contributed by atoms with Crippen LogP contribution in [0.2, 0.25) is 0 Å². The van der Waals surface area contributed by atoms with Gasteiger partial charge < -0.3 is 9.64 Å². The van der Waals surface area contributed by atoms with Crippen LogP contribution in [0.15, 0.2) is 0 Å². The molecule has 0 aromatic rings. The van der Waals surface area contributed by atoms with Crippen molar-refractivity contribution in [2.24, 2.45) is 0 Å². The van der Waals surface area contributed by atoms with E-state index in [-0.39, 0.29) is 12.6 Å². The van der Waals surface area contributed by atoms with Crippen LogP contribution in [0, 0.1) is 0 Å². The van der Waals surface area contributed by atoms with Crippen molar-refractivity contribution < 1.29 is 22.7 Å². The summed E-state index contributed by atoms with van der Waals surface area (Å²) in [6, 6.07) is -0.373. The Kier molecular flexibility index (Phi) is 6.12. The van der Waals surface area contributed by atoms with Crippen LogP contribution in [0.25, 0.3) is 0 Å². The van der Waals surface area contributed by atoms with Gasteiger partial charge >= 0.3 is 12.3 Å². The summed E-state index contributed by atoms with van der Waals surface area (Å²) < 4.78 is 41.7. The summed E-state index contributed by atoms with van der Waals surface area (Å²) in [5.74, 6) is 0. The third-order valence-electron chi connectivity index (χ3n) is 2.37. The van der Waals surface area contributed by atoms with Crippen molar-refractivity contribution in [3.63, 3.8) is 0 Å². The highest BCUT2D eigenvalue weighted by molar-refractivity contribution is 5.68. The molecule has 0 rings (SSSR count). The van der Waals surface area contributed by atoms with E-state index in [1.807, 2.05) is 0 Å². The third-order valence-corrected chi connectivity index (χ3v) is 2.37. The van der Waals surface area contributed by atoms with Gasteiger partial charge in [0.1, 0.15) is 5.60 Å². The van der Waals surface area contributed by atoms with Crippen LogP contribution in [0.3, 0.4) is 0 Å². The smallest absolute Gasteiger partial charge is 0.410 e. The predicted molar refractivity (Wildman–Crippen MR) is 67.0 cm³/mol. The number of hydrogen-bond donors (Lipinski definition) is 0. The van der Waals surface area contributed by atoms with Crippen LogP contribution < -0.4 is 0 Å². The molecule has 0 saturated carbocycles. The molecule has 0 radical (unpaired) electrons. The zero-order valence-corrected chi connectivity index (χ0v) is 12.3. The van der Waals surface area contributed by atoms with Crippen LogP contribution in [-0.4, -0.2) is 60.9 Å². The Labute approximate surface area is 112 Å². The molecule has 0 heterocycles. The molecule has 114 valence electrons. The minimum Gasteiger partial charge on any atom is -0.444 e. The highest BCUT2D eigenvalue weighted by atomic mass is 19.4. The summed E-state index contributed by atoms with van der Waals surface area (Å²) >= 11 is 0. The lowest BCUT2D eigenvalue weighted by Gasteiger charge is -2.31. The number of carbonyl (C=O) groups excluding carboxylic acids is 1. The maximum absolute atomic E-state index is 12.2. The van der Waals surface area contributed by atoms with Crippen LogP contribution >= 0.6 is 0 Å². The van der Waals surface area contributed by atoms with Gasteiger partial charge in [-0.1, -0.05) is 0 Å². The lowest BCUT2D eigenvalue weighted by Crippen LogP contribution is -2.45. The van der Waals surface area contributed by atoms with E-state index in [1.54, 1.807) is 27.7 Å². The number of hydrogen-bond acceptors (Lipinski definition) is 3. The summed E-state index contributed by atoms with van der Waals surface area (Å²) in [5, 5.41) is 0. The lowest BCUT2D eigenvalue weighted by atomic mass is 10.2. The Morgan fingerprint density at radius 1 is 1.21 bits per heavy atom. The Morgan fingerprint density at radius 3 is 2.05 bits per heavy atom. The fourth-order valence-corrected chi connectivity index (χ4v) is 1.46. The average Bonchev–Trinajstić information content (AvgIpc) is 2.10. The monoisotopic (exact) mass is 284 g/mol. The van der Waals surface area contributed by atoms with Crippen molar-refractivity contribution >= 4 is 6.09 Å². The second-order valence-corrected chi connectivity index (χ2v) is 5.75. The molecule has 0 aliphatic heterocycles. The van der Waals surface area contributed by atoms with Crippen LogP contribution in [-0.2, 0) is 4.74 Å². The van der Waals surface area contributed by atoms with E-state index in [9.17, 15) is 18.0 Å². The van der Waals surface area contributed by atoms with E-state index in [1.165, 1.54) is 19.0 Å². The van der Waals surface area contributed by atoms with Crippen molar-refractivity contribution in [1.29, 1.82) is 0 Å². The molecule has 1 unspecified atom stereocenters. The largest absolute Gasteiger partial charge is 0.444 e. The summed E-state index contributed by atoms with van der Waals surface area (Å²) in [6.07, 6.45) is -4.78. The molecule has 0 N–H and O–H groups in total. The van der Waals surface area contributed by atoms with Crippen molar-refractivity contribution in [1.82, 2.24) is 9.80 Å². The highest BCUT2D eigenvalue weighted by Crippen LogP contribution is 2.16. The lowest BCUT2D eigenvalue weighted by molar-refractivity contribution is -0.144. The van der Waals surface area contributed by atoms with Crippen molar-refractivity contribution in [3.05, 3.63) is 0 Å². The summed E-state index contributed by atoms with van der Waals surface area (Å²) in [7, 11) is 2.88. The van der Waals surface area contributed by atoms with Gasteiger partial charge in [-0.2, -0.15) is 13.2 Å². The van der Waals surface area contributed by atoms with E-state index in [0.717, 1.165) is 4.90 Å². The zero-order valence-electron chi connectivity index (χ0n) is 12.3. The number of amides is 1. The van der Waals surface area contributed by atoms with Gasteiger partial charge in [-0.15, -0.1) is 0 Å². The maximum atomic E-state index is 12.2. The molecule has 0 aliphatic carbocycles. The molecule has 0 aromatic heterocycles. The first-order valence-electron chi connectivity index (χ1n) is 6.03. The number of nitrogens with zero attached hydrogens (tertiary/aromatic N) is 2. The Morgan fingerprint density at radius 2 is 1.68 bits per heavy atom. The normalized spacial score (nSPS) is 14.4. The average molecular weight is 284 g/mol. The fraction of sp³-hybridized carbons (Fsp3) is 0.917. The second kappa shape index (κ2) is 6.45. The molecule has 0 saturated heterocycles. The molecular formula is C12H23F3N2O2. The molecule has 0 aromatic carbocycles. The molecule has 0 aliphatic rings. The highest BCUT2D eigenvalue weighted by Gasteiger charge is 2.30. The first kappa shape index (κ1) is 18.0. The van der Waals surface area contributed by atoms with Gasteiger partial charge in [0.2, 0.25) is 0 Å². The van der Waals surface area contributed by atoms with Crippen molar-refractivity contribution in [2.45, 2.75) is 45.5 Å². The Bertz CT molecular complexity index is 300. The van der Waals surface area contributed by atoms with Crippen LogP contribution in [0.1, 0.15) is 27.7 Å². The maximum Gasteiger partial charge on any atom is 0.410 e. The Hall–Kier alpha value is -0.980. The molecule has 0 bridgehead atoms. The number of likely N-dealkylation sites (N-methyl/N-ethyl adjacent to an activating group) is 2. The second-order valence-electron chi connectivity index (χ2n) is 5.75. The van der Waals surface area contributed by atoms with E-state index >= 15 is 0 Å². The zero-order chi connectivity index (χ0) is 15.4. The van der Waals surface area contributed by atoms with Crippen molar-refractivity contribution in [2.75, 3.05) is 27.2 Å². The van der Waals surface area contributed by atoms with E-state index in [2.05, 4.69) is 0 Å². The van der Waals surface area contributed by atoms with E-state index < -0.39 is 24.4 Å². The third kappa shape index (κ3) is 8.69. The van der Waals surface area contributed by atoms with E-state index in [4.69, 9.17) is 4.74 Å². The quantitative estimate of drug-likeness (QED) is 0.796. The van der Waals surface area contributed by atoms with Crippen molar-refractivity contribution in [3.8, 4) is 0 Å². The van der Waals surface area contributed by atoms with Gasteiger partial charge in [0, 0.05) is 19.6 Å². The molecular weight excluding hydrogens is 261 g/mol. The van der Waals surface area contributed by atoms with Gasteiger partial charge in [0.05, 0.1) is 6.54 Å². The molecule has 1 atom stereocenters. The molecule has 4 nitrogen and oxygen atoms in total. The summed E-state index contributed by atoms with van der Waals surface area (Å²) in [4.78, 5) is 14.2. The predicted octanol–water partition coefficient (Wildman–Crippen LogP) is 2.74. The molecule has 7 heteroatoms. The minimum atomic E-state index is -4.24.